The highest BCUT2D eigenvalue weighted by Crippen LogP contribution is 2.46. The molecule has 14 heteroatoms. The summed E-state index contributed by atoms with van der Waals surface area (Å²) in [7, 11) is -2.31. The van der Waals surface area contributed by atoms with Crippen molar-refractivity contribution < 1.29 is 37.1 Å². The van der Waals surface area contributed by atoms with Gasteiger partial charge in [-0.05, 0) is 62.5 Å². The first kappa shape index (κ1) is 41.2. The third-order valence-corrected chi connectivity index (χ3v) is 13.6. The Morgan fingerprint density at radius 1 is 1.03 bits per heavy atom. The molecule has 4 amide bonds. The van der Waals surface area contributed by atoms with Gasteiger partial charge in [-0.15, -0.1) is 6.58 Å². The molecule has 13 nitrogen and oxygen atoms in total. The largest absolute Gasteiger partial charge is 0.497 e. The first-order valence-corrected chi connectivity index (χ1v) is 21.9. The molecule has 310 valence electrons. The van der Waals surface area contributed by atoms with E-state index in [9.17, 15) is 27.6 Å². The van der Waals surface area contributed by atoms with Crippen LogP contribution in [0.4, 0.5) is 0 Å². The van der Waals surface area contributed by atoms with Crippen LogP contribution in [0.2, 0.25) is 0 Å². The van der Waals surface area contributed by atoms with Crippen molar-refractivity contribution in [1.29, 1.82) is 0 Å². The lowest BCUT2D eigenvalue weighted by Gasteiger charge is -2.33. The van der Waals surface area contributed by atoms with E-state index >= 15 is 0 Å². The number of piperidine rings is 1. The van der Waals surface area contributed by atoms with Crippen molar-refractivity contribution in [3.63, 3.8) is 0 Å². The standard InChI is InChI=1S/C44H55N5O8S/c1-6-30-26-44(30,42(53)47-58(54,55)33-16-17-33)46-40(51)37-23-32(27-49(37)41(52)29(25-43(2,3)4)21-39(50)48-19-11-8-12-20-48)57-38-24-35(28-13-9-7-10-14-28)45-36-22-31(56-5)15-18-34(36)38/h6-7,9-10,13-15,18,22,24,29-30,32-33,37H,1,8,11-12,16-17,19-21,23,25-27H2,2-5H3,(H,46,51)(H,47,53)/t29?,30-,32-,37+,44-/m1/s1. The molecule has 2 aliphatic heterocycles. The number of rotatable bonds is 14. The lowest BCUT2D eigenvalue weighted by molar-refractivity contribution is -0.146. The highest BCUT2D eigenvalue weighted by Gasteiger charge is 2.62. The van der Waals surface area contributed by atoms with Gasteiger partial charge in [0.15, 0.2) is 0 Å². The van der Waals surface area contributed by atoms with E-state index in [2.05, 4.69) is 16.6 Å². The van der Waals surface area contributed by atoms with Crippen LogP contribution in [0.25, 0.3) is 22.2 Å². The summed E-state index contributed by atoms with van der Waals surface area (Å²) < 4.78 is 40.1. The summed E-state index contributed by atoms with van der Waals surface area (Å²) >= 11 is 0. The topological polar surface area (TPSA) is 164 Å². The van der Waals surface area contributed by atoms with Gasteiger partial charge in [0, 0.05) is 60.8 Å². The quantitative estimate of drug-likeness (QED) is 0.204. The summed E-state index contributed by atoms with van der Waals surface area (Å²) in [4.78, 5) is 65.1. The third-order valence-electron chi connectivity index (χ3n) is 11.8. The molecule has 2 saturated carbocycles. The van der Waals surface area contributed by atoms with E-state index in [1.807, 2.05) is 80.3 Å². The second kappa shape index (κ2) is 16.3. The number of pyridine rings is 1. The van der Waals surface area contributed by atoms with E-state index in [-0.39, 0.29) is 43.0 Å². The van der Waals surface area contributed by atoms with Gasteiger partial charge in [0.1, 0.15) is 29.2 Å². The molecule has 5 atom stereocenters. The zero-order chi connectivity index (χ0) is 41.4. The zero-order valence-electron chi connectivity index (χ0n) is 33.9. The second-order valence-corrected chi connectivity index (χ2v) is 19.5. The van der Waals surface area contributed by atoms with Gasteiger partial charge < -0.3 is 24.6 Å². The minimum atomic E-state index is -3.90. The number of methoxy groups -OCH3 is 1. The van der Waals surface area contributed by atoms with Crippen LogP contribution in [0.1, 0.15) is 78.6 Å². The van der Waals surface area contributed by atoms with Crippen molar-refractivity contribution in [3.05, 3.63) is 67.3 Å². The molecule has 2 N–H and O–H groups in total. The van der Waals surface area contributed by atoms with E-state index in [4.69, 9.17) is 14.5 Å². The second-order valence-electron chi connectivity index (χ2n) is 17.5. The lowest BCUT2D eigenvalue weighted by atomic mass is 9.82. The Hall–Kier alpha value is -4.98. The molecule has 2 saturated heterocycles. The molecule has 58 heavy (non-hydrogen) atoms. The number of hydrogen-bond acceptors (Lipinski definition) is 9. The predicted octanol–water partition coefficient (Wildman–Crippen LogP) is 5.38. The van der Waals surface area contributed by atoms with Gasteiger partial charge in [-0.1, -0.05) is 57.2 Å². The molecule has 4 fully saturated rings. The first-order valence-electron chi connectivity index (χ1n) is 20.4. The van der Waals surface area contributed by atoms with E-state index < -0.39 is 56.6 Å². The van der Waals surface area contributed by atoms with Gasteiger partial charge in [0.25, 0.3) is 5.91 Å². The van der Waals surface area contributed by atoms with E-state index in [0.717, 1.165) is 24.8 Å². The van der Waals surface area contributed by atoms with Gasteiger partial charge in [0.05, 0.1) is 30.1 Å². The zero-order valence-corrected chi connectivity index (χ0v) is 34.7. The monoisotopic (exact) mass is 813 g/mol. The predicted molar refractivity (Wildman–Crippen MR) is 220 cm³/mol. The van der Waals surface area contributed by atoms with Crippen molar-refractivity contribution >= 4 is 44.6 Å². The van der Waals surface area contributed by atoms with Crippen LogP contribution in [0.5, 0.6) is 11.5 Å². The normalized spacial score (nSPS) is 23.8. The number of carbonyl (C=O) groups excluding carboxylic acids is 4. The summed E-state index contributed by atoms with van der Waals surface area (Å²) in [5.74, 6) is -1.93. The highest BCUT2D eigenvalue weighted by molar-refractivity contribution is 7.91. The number of benzene rings is 2. The van der Waals surface area contributed by atoms with Gasteiger partial charge in [-0.25, -0.2) is 13.4 Å². The summed E-state index contributed by atoms with van der Waals surface area (Å²) in [6.07, 6.45) is 5.36. The number of likely N-dealkylation sites (tertiary alicyclic amines) is 2. The van der Waals surface area contributed by atoms with Crippen LogP contribution < -0.4 is 19.5 Å². The fraction of sp³-hybridized carbons (Fsp3) is 0.523. The van der Waals surface area contributed by atoms with Crippen molar-refractivity contribution in [2.45, 2.75) is 101 Å². The van der Waals surface area contributed by atoms with Crippen molar-refractivity contribution in [2.75, 3.05) is 26.7 Å². The van der Waals surface area contributed by atoms with E-state index in [1.165, 1.54) is 11.0 Å². The molecule has 0 radical (unpaired) electrons. The Balaban J connectivity index is 1.21. The van der Waals surface area contributed by atoms with Crippen molar-refractivity contribution in [1.82, 2.24) is 24.8 Å². The number of amides is 4. The summed E-state index contributed by atoms with van der Waals surface area (Å²) in [6.45, 7) is 11.2. The van der Waals surface area contributed by atoms with Crippen LogP contribution in [0.3, 0.4) is 0 Å². The number of sulfonamides is 1. The van der Waals surface area contributed by atoms with Crippen LogP contribution >= 0.6 is 0 Å². The number of nitrogens with one attached hydrogen (secondary N) is 2. The molecule has 4 aliphatic rings. The average Bonchev–Trinajstić information content (AvgIpc) is 4.14. The third kappa shape index (κ3) is 9.01. The summed E-state index contributed by atoms with van der Waals surface area (Å²) in [6, 6.07) is 15.9. The van der Waals surface area contributed by atoms with Crippen molar-refractivity contribution in [3.8, 4) is 22.8 Å². The minimum Gasteiger partial charge on any atom is -0.497 e. The smallest absolute Gasteiger partial charge is 0.259 e. The summed E-state index contributed by atoms with van der Waals surface area (Å²) in [5.41, 5.74) is 0.316. The number of fused-ring (bicyclic) bond motifs is 1. The van der Waals surface area contributed by atoms with Crippen molar-refractivity contribution in [2.24, 2.45) is 17.3 Å². The van der Waals surface area contributed by atoms with E-state index in [0.29, 0.717) is 60.4 Å². The maximum Gasteiger partial charge on any atom is 0.259 e. The van der Waals surface area contributed by atoms with Gasteiger partial charge in [-0.3, -0.25) is 23.9 Å². The molecule has 7 rings (SSSR count). The molecule has 2 aliphatic carbocycles. The number of carbonyl (C=O) groups is 4. The molecule has 3 heterocycles. The molecule has 0 bridgehead atoms. The maximum absolute atomic E-state index is 14.9. The Morgan fingerprint density at radius 3 is 2.40 bits per heavy atom. The van der Waals surface area contributed by atoms with Gasteiger partial charge >= 0.3 is 0 Å². The van der Waals surface area contributed by atoms with E-state index in [1.54, 1.807) is 7.11 Å². The number of nitrogens with zero attached hydrogens (tertiary/aromatic N) is 3. The minimum absolute atomic E-state index is 0.00757. The van der Waals surface area contributed by atoms with Crippen LogP contribution in [0, 0.1) is 17.3 Å². The molecule has 2 aromatic carbocycles. The average molecular weight is 814 g/mol. The number of ether oxygens (including phenoxy) is 2. The lowest BCUT2D eigenvalue weighted by Crippen LogP contribution is -2.57. The van der Waals surface area contributed by atoms with Crippen LogP contribution in [0.15, 0.2) is 67.3 Å². The maximum atomic E-state index is 14.9. The Bertz CT molecular complexity index is 2180. The van der Waals surface area contributed by atoms with Gasteiger partial charge in [0.2, 0.25) is 27.7 Å². The highest BCUT2D eigenvalue weighted by atomic mass is 32.2. The molecule has 1 aromatic heterocycles. The fourth-order valence-electron chi connectivity index (χ4n) is 8.43. The van der Waals surface area contributed by atoms with Crippen LogP contribution in [-0.4, -0.2) is 96.5 Å². The summed E-state index contributed by atoms with van der Waals surface area (Å²) in [5, 5.41) is 2.96. The molecular formula is C44H55N5O8S. The molecule has 0 spiro atoms. The Kier molecular flexibility index (Phi) is 11.6. The fourth-order valence-corrected chi connectivity index (χ4v) is 9.80. The Morgan fingerprint density at radius 2 is 1.76 bits per heavy atom. The van der Waals surface area contributed by atoms with Crippen LogP contribution in [-0.2, 0) is 29.2 Å². The first-order chi connectivity index (χ1) is 27.6. The SMILES string of the molecule is C=C[C@@H]1C[C@]1(NC(=O)[C@@H]1C[C@@H](Oc2cc(-c3ccccc3)nc3cc(OC)ccc23)CN1C(=O)C(CC(=O)N1CCCCC1)CC(C)(C)C)C(=O)NS(=O)(=O)C1CC1. The number of hydrogen-bond donors (Lipinski definition) is 2. The molecule has 1 unspecified atom stereocenters. The van der Waals surface area contributed by atoms with Gasteiger partial charge in [-0.2, -0.15) is 0 Å². The molecular weight excluding hydrogens is 759 g/mol. The number of aromatic nitrogens is 1. The molecule has 3 aromatic rings. The Labute approximate surface area is 341 Å².